The van der Waals surface area contributed by atoms with Crippen LogP contribution >= 0.6 is 0 Å². The molecule has 0 spiro atoms. The average molecular weight is 318 g/mol. The van der Waals surface area contributed by atoms with Gasteiger partial charge >= 0.3 is 16.0 Å². The zero-order chi connectivity index (χ0) is 15.8. The zero-order valence-electron chi connectivity index (χ0n) is 10.8. The Morgan fingerprint density at radius 3 is 2.24 bits per heavy atom. The van der Waals surface area contributed by atoms with Crippen LogP contribution in [0.4, 0.5) is 0 Å². The van der Waals surface area contributed by atoms with E-state index in [0.717, 1.165) is 6.07 Å². The second kappa shape index (κ2) is 5.14. The number of aromatic hydroxyl groups is 1. The van der Waals surface area contributed by atoms with Gasteiger partial charge in [-0.3, -0.25) is 4.55 Å². The van der Waals surface area contributed by atoms with Crippen LogP contribution in [0.15, 0.2) is 21.3 Å². The number of fused-ring (bicyclic) bond motifs is 1. The number of hydrogen-bond donors (Lipinski definition) is 2. The Kier molecular flexibility index (Phi) is 3.66. The number of methoxy groups -OCH3 is 2. The molecule has 0 fully saturated rings. The van der Waals surface area contributed by atoms with Crippen LogP contribution in [0.1, 0.15) is 0 Å². The standard InChI is InChI=1S/C11H10O9S/c1-17-8-5-3-4-6(12)19-9(5)11(20-21(14,15)16)7(13)10(8)18-2/h3-4,13H,1-2H3,(H,14,15,16). The first-order valence-electron chi connectivity index (χ1n) is 5.36. The van der Waals surface area contributed by atoms with Crippen molar-refractivity contribution in [2.24, 2.45) is 0 Å². The summed E-state index contributed by atoms with van der Waals surface area (Å²) in [4.78, 5) is 11.3. The van der Waals surface area contributed by atoms with Gasteiger partial charge in [-0.1, -0.05) is 0 Å². The van der Waals surface area contributed by atoms with Crippen molar-refractivity contribution in [2.45, 2.75) is 0 Å². The molecule has 0 aliphatic heterocycles. The number of benzene rings is 1. The number of ether oxygens (including phenoxy) is 2. The fraction of sp³-hybridized carbons (Fsp3) is 0.182. The Labute approximate surface area is 118 Å². The highest BCUT2D eigenvalue weighted by atomic mass is 32.3. The lowest BCUT2D eigenvalue weighted by molar-refractivity contribution is 0.323. The van der Waals surface area contributed by atoms with E-state index in [4.69, 9.17) is 18.4 Å². The first-order valence-corrected chi connectivity index (χ1v) is 6.72. The third-order valence-electron chi connectivity index (χ3n) is 2.52. The summed E-state index contributed by atoms with van der Waals surface area (Å²) in [5, 5.41) is 10.1. The largest absolute Gasteiger partial charge is 0.501 e. The van der Waals surface area contributed by atoms with E-state index in [9.17, 15) is 18.3 Å². The van der Waals surface area contributed by atoms with Gasteiger partial charge in [0.25, 0.3) is 0 Å². The third-order valence-corrected chi connectivity index (χ3v) is 2.89. The Bertz CT molecular complexity index is 850. The maximum atomic E-state index is 11.3. The van der Waals surface area contributed by atoms with E-state index in [1.54, 1.807) is 0 Å². The minimum absolute atomic E-state index is 0.00330. The summed E-state index contributed by atoms with van der Waals surface area (Å²) in [6.45, 7) is 0. The van der Waals surface area contributed by atoms with Crippen LogP contribution in [-0.2, 0) is 10.4 Å². The summed E-state index contributed by atoms with van der Waals surface area (Å²) >= 11 is 0. The predicted molar refractivity (Wildman–Crippen MR) is 69.4 cm³/mol. The topological polar surface area (TPSA) is 132 Å². The second-order valence-electron chi connectivity index (χ2n) is 3.75. The number of rotatable bonds is 4. The third kappa shape index (κ3) is 2.71. The highest BCUT2D eigenvalue weighted by Crippen LogP contribution is 2.50. The van der Waals surface area contributed by atoms with Crippen LogP contribution in [-0.4, -0.2) is 32.3 Å². The molecular weight excluding hydrogens is 308 g/mol. The summed E-state index contributed by atoms with van der Waals surface area (Å²) in [5.41, 5.74) is -1.25. The molecule has 10 heteroatoms. The molecular formula is C11H10O9S. The zero-order valence-corrected chi connectivity index (χ0v) is 11.6. The van der Waals surface area contributed by atoms with Crippen molar-refractivity contribution >= 4 is 21.4 Å². The minimum Gasteiger partial charge on any atom is -0.501 e. The van der Waals surface area contributed by atoms with Gasteiger partial charge in [0.1, 0.15) is 0 Å². The van der Waals surface area contributed by atoms with Gasteiger partial charge < -0.3 is 23.2 Å². The van der Waals surface area contributed by atoms with Crippen molar-refractivity contribution in [3.8, 4) is 23.0 Å². The van der Waals surface area contributed by atoms with E-state index < -0.39 is 33.1 Å². The van der Waals surface area contributed by atoms with E-state index in [1.807, 2.05) is 0 Å². The summed E-state index contributed by atoms with van der Waals surface area (Å²) in [6.07, 6.45) is 0. The molecule has 0 bridgehead atoms. The fourth-order valence-corrected chi connectivity index (χ4v) is 2.14. The van der Waals surface area contributed by atoms with Crippen molar-refractivity contribution in [3.05, 3.63) is 22.6 Å². The molecule has 0 saturated heterocycles. The Morgan fingerprint density at radius 2 is 1.71 bits per heavy atom. The maximum absolute atomic E-state index is 11.3. The molecule has 9 nitrogen and oxygen atoms in total. The average Bonchev–Trinajstić information content (AvgIpc) is 2.40. The number of phenols is 1. The first-order chi connectivity index (χ1) is 9.78. The summed E-state index contributed by atoms with van der Waals surface area (Å²) in [7, 11) is -2.50. The van der Waals surface area contributed by atoms with Crippen molar-refractivity contribution in [2.75, 3.05) is 14.2 Å². The lowest BCUT2D eigenvalue weighted by Gasteiger charge is -2.14. The molecule has 0 unspecified atom stereocenters. The number of phenolic OH excluding ortho intramolecular Hbond substituents is 1. The summed E-state index contributed by atoms with van der Waals surface area (Å²) < 4.78 is 49.5. The van der Waals surface area contributed by atoms with Crippen LogP contribution in [0, 0.1) is 0 Å². The normalized spacial score (nSPS) is 11.4. The molecule has 21 heavy (non-hydrogen) atoms. The van der Waals surface area contributed by atoms with Crippen molar-refractivity contribution in [3.63, 3.8) is 0 Å². The van der Waals surface area contributed by atoms with Crippen LogP contribution in [0.25, 0.3) is 11.0 Å². The van der Waals surface area contributed by atoms with Gasteiger partial charge in [0, 0.05) is 6.07 Å². The first kappa shape index (κ1) is 14.9. The molecule has 1 heterocycles. The quantitative estimate of drug-likeness (QED) is 0.617. The second-order valence-corrected chi connectivity index (χ2v) is 4.77. The van der Waals surface area contributed by atoms with E-state index in [1.165, 1.54) is 20.3 Å². The fourth-order valence-electron chi connectivity index (χ4n) is 1.78. The van der Waals surface area contributed by atoms with Crippen LogP contribution in [0.2, 0.25) is 0 Å². The van der Waals surface area contributed by atoms with Crippen molar-refractivity contribution in [1.82, 2.24) is 0 Å². The molecule has 1 aromatic heterocycles. The molecule has 2 rings (SSSR count). The van der Waals surface area contributed by atoms with Gasteiger partial charge in [0.15, 0.2) is 11.3 Å². The van der Waals surface area contributed by atoms with Crippen molar-refractivity contribution < 1.29 is 36.2 Å². The van der Waals surface area contributed by atoms with Gasteiger partial charge in [-0.2, -0.15) is 8.42 Å². The molecule has 0 aliphatic carbocycles. The van der Waals surface area contributed by atoms with Crippen LogP contribution in [0.3, 0.4) is 0 Å². The van der Waals surface area contributed by atoms with Gasteiger partial charge in [0.2, 0.25) is 17.2 Å². The van der Waals surface area contributed by atoms with Gasteiger partial charge in [-0.15, -0.1) is 0 Å². The van der Waals surface area contributed by atoms with Crippen LogP contribution in [0.5, 0.6) is 23.0 Å². The Balaban J connectivity index is 2.97. The lowest BCUT2D eigenvalue weighted by Crippen LogP contribution is -2.09. The summed E-state index contributed by atoms with van der Waals surface area (Å²) in [6, 6.07) is 2.32. The molecule has 0 atom stereocenters. The maximum Gasteiger partial charge on any atom is 0.446 e. The Hall–Kier alpha value is -2.46. The van der Waals surface area contributed by atoms with E-state index in [2.05, 4.69) is 4.18 Å². The SMILES string of the molecule is COc1c(O)c(OS(=O)(=O)O)c2oc(=O)ccc2c1OC. The van der Waals surface area contributed by atoms with Gasteiger partial charge in [-0.25, -0.2) is 4.79 Å². The molecule has 2 aromatic rings. The molecule has 0 radical (unpaired) electrons. The Morgan fingerprint density at radius 1 is 1.10 bits per heavy atom. The molecule has 0 amide bonds. The molecule has 1 aromatic carbocycles. The van der Waals surface area contributed by atoms with Gasteiger partial charge in [-0.05, 0) is 6.07 Å². The van der Waals surface area contributed by atoms with Crippen LogP contribution < -0.4 is 19.3 Å². The minimum atomic E-state index is -4.97. The molecule has 2 N–H and O–H groups in total. The molecule has 114 valence electrons. The highest BCUT2D eigenvalue weighted by molar-refractivity contribution is 7.81. The van der Waals surface area contributed by atoms with E-state index in [0.29, 0.717) is 0 Å². The molecule has 0 saturated carbocycles. The van der Waals surface area contributed by atoms with Gasteiger partial charge in [0.05, 0.1) is 19.6 Å². The number of hydrogen-bond acceptors (Lipinski definition) is 8. The lowest BCUT2D eigenvalue weighted by atomic mass is 10.1. The summed E-state index contributed by atoms with van der Waals surface area (Å²) in [5.74, 6) is -1.86. The smallest absolute Gasteiger partial charge is 0.446 e. The van der Waals surface area contributed by atoms with Crippen molar-refractivity contribution in [1.29, 1.82) is 0 Å². The molecule has 0 aliphatic rings. The predicted octanol–water partition coefficient (Wildman–Crippen LogP) is 0.697. The monoisotopic (exact) mass is 318 g/mol. The highest BCUT2D eigenvalue weighted by Gasteiger charge is 2.27. The van der Waals surface area contributed by atoms with E-state index >= 15 is 0 Å². The van der Waals surface area contributed by atoms with E-state index in [-0.39, 0.29) is 16.9 Å².